The molecule has 2 heteroatoms. The number of hydrogen-bond donors (Lipinski definition) is 1. The fraction of sp³-hybridized carbons (Fsp3) is 0.500. The van der Waals surface area contributed by atoms with E-state index in [0.29, 0.717) is 0 Å². The second kappa shape index (κ2) is 4.47. The van der Waals surface area contributed by atoms with E-state index in [1.165, 1.54) is 5.56 Å². The molecular weight excluding hydrogens is 174 g/mol. The lowest BCUT2D eigenvalue weighted by Crippen LogP contribution is -2.92. The van der Waals surface area contributed by atoms with Gasteiger partial charge in [-0.15, -0.1) is 0 Å². The Morgan fingerprint density at radius 2 is 1.86 bits per heavy atom. The minimum absolute atomic E-state index is 0.265. The van der Waals surface area contributed by atoms with Crippen LogP contribution in [0.25, 0.3) is 0 Å². The maximum absolute atomic E-state index is 5.29. The van der Waals surface area contributed by atoms with Crippen LogP contribution in [0.5, 0.6) is 5.75 Å². The topological polar surface area (TPSA) is 25.8 Å². The second-order valence-corrected chi connectivity index (χ2v) is 4.59. The zero-order chi connectivity index (χ0) is 10.6. The molecule has 1 rings (SSSR count). The molecule has 2 N–H and O–H groups in total. The van der Waals surface area contributed by atoms with Crippen LogP contribution in [0.1, 0.15) is 26.3 Å². The monoisotopic (exact) mass is 194 g/mol. The van der Waals surface area contributed by atoms with Crippen molar-refractivity contribution in [2.75, 3.05) is 7.11 Å². The summed E-state index contributed by atoms with van der Waals surface area (Å²) in [6.07, 6.45) is 0. The lowest BCUT2D eigenvalue weighted by atomic mass is 10.1. The highest BCUT2D eigenvalue weighted by atomic mass is 16.5. The molecule has 78 valence electrons. The molecule has 0 heterocycles. The molecule has 0 spiro atoms. The number of hydrogen-bond acceptors (Lipinski definition) is 1. The first-order valence-corrected chi connectivity index (χ1v) is 4.99. The third-order valence-corrected chi connectivity index (χ3v) is 2.13. The Bertz CT molecular complexity index is 289. The van der Waals surface area contributed by atoms with E-state index >= 15 is 0 Å². The minimum Gasteiger partial charge on any atom is -0.496 e. The Kier molecular flexibility index (Phi) is 3.53. The van der Waals surface area contributed by atoms with Gasteiger partial charge in [0, 0.05) is 5.56 Å². The van der Waals surface area contributed by atoms with Gasteiger partial charge in [0.1, 0.15) is 12.3 Å². The van der Waals surface area contributed by atoms with Crippen molar-refractivity contribution >= 4 is 0 Å². The summed E-state index contributed by atoms with van der Waals surface area (Å²) in [6, 6.07) is 8.17. The van der Waals surface area contributed by atoms with Crippen LogP contribution in [-0.4, -0.2) is 12.6 Å². The van der Waals surface area contributed by atoms with Crippen LogP contribution in [0, 0.1) is 0 Å². The van der Waals surface area contributed by atoms with Crippen molar-refractivity contribution < 1.29 is 10.1 Å². The first-order chi connectivity index (χ1) is 6.53. The average Bonchev–Trinajstić information content (AvgIpc) is 2.14. The molecule has 14 heavy (non-hydrogen) atoms. The zero-order valence-corrected chi connectivity index (χ0v) is 9.50. The Balaban J connectivity index is 2.67. The van der Waals surface area contributed by atoms with Crippen molar-refractivity contribution in [3.8, 4) is 5.75 Å². The fourth-order valence-electron chi connectivity index (χ4n) is 1.29. The standard InChI is InChI=1S/C12H19NO/c1-12(2,3)13-9-10-7-5-6-8-11(10)14-4/h5-8,13H,9H2,1-4H3/p+1. The Hall–Kier alpha value is -1.02. The highest BCUT2D eigenvalue weighted by Crippen LogP contribution is 2.15. The van der Waals surface area contributed by atoms with Gasteiger partial charge < -0.3 is 10.1 Å². The van der Waals surface area contributed by atoms with Gasteiger partial charge in [-0.2, -0.15) is 0 Å². The number of rotatable bonds is 3. The number of methoxy groups -OCH3 is 1. The van der Waals surface area contributed by atoms with Crippen LogP contribution in [0.15, 0.2) is 24.3 Å². The largest absolute Gasteiger partial charge is 0.496 e. The van der Waals surface area contributed by atoms with Crippen molar-refractivity contribution in [1.82, 2.24) is 0 Å². The molecule has 1 aromatic rings. The van der Waals surface area contributed by atoms with Crippen LogP contribution >= 0.6 is 0 Å². The van der Waals surface area contributed by atoms with Gasteiger partial charge in [-0.05, 0) is 32.9 Å². The van der Waals surface area contributed by atoms with Crippen molar-refractivity contribution in [3.63, 3.8) is 0 Å². The van der Waals surface area contributed by atoms with Gasteiger partial charge in [-0.1, -0.05) is 12.1 Å². The number of quaternary nitrogens is 1. The summed E-state index contributed by atoms with van der Waals surface area (Å²) in [4.78, 5) is 0. The van der Waals surface area contributed by atoms with E-state index in [1.54, 1.807) is 7.11 Å². The van der Waals surface area contributed by atoms with Gasteiger partial charge >= 0.3 is 0 Å². The van der Waals surface area contributed by atoms with E-state index in [9.17, 15) is 0 Å². The molecule has 0 saturated heterocycles. The van der Waals surface area contributed by atoms with Crippen molar-refractivity contribution in [2.24, 2.45) is 0 Å². The van der Waals surface area contributed by atoms with E-state index < -0.39 is 0 Å². The summed E-state index contributed by atoms with van der Waals surface area (Å²) in [5.41, 5.74) is 1.52. The number of ether oxygens (including phenoxy) is 1. The Morgan fingerprint density at radius 3 is 2.43 bits per heavy atom. The Morgan fingerprint density at radius 1 is 1.21 bits per heavy atom. The predicted molar refractivity (Wildman–Crippen MR) is 58.4 cm³/mol. The van der Waals surface area contributed by atoms with Gasteiger partial charge in [0.25, 0.3) is 0 Å². The van der Waals surface area contributed by atoms with Crippen LogP contribution < -0.4 is 10.1 Å². The van der Waals surface area contributed by atoms with E-state index in [1.807, 2.05) is 18.2 Å². The smallest absolute Gasteiger partial charge is 0.127 e. The SMILES string of the molecule is COc1ccccc1C[NH2+]C(C)(C)C. The van der Waals surface area contributed by atoms with Crippen LogP contribution in [0.3, 0.4) is 0 Å². The highest BCUT2D eigenvalue weighted by Gasteiger charge is 2.14. The number of nitrogens with two attached hydrogens (primary N) is 1. The highest BCUT2D eigenvalue weighted by molar-refractivity contribution is 5.32. The quantitative estimate of drug-likeness (QED) is 0.776. The average molecular weight is 194 g/mol. The third-order valence-electron chi connectivity index (χ3n) is 2.13. The fourth-order valence-corrected chi connectivity index (χ4v) is 1.29. The normalized spacial score (nSPS) is 11.4. The first kappa shape index (κ1) is 11.1. The summed E-state index contributed by atoms with van der Waals surface area (Å²) < 4.78 is 5.29. The summed E-state index contributed by atoms with van der Waals surface area (Å²) in [7, 11) is 1.72. The second-order valence-electron chi connectivity index (χ2n) is 4.59. The van der Waals surface area contributed by atoms with Gasteiger partial charge in [0.05, 0.1) is 12.6 Å². The van der Waals surface area contributed by atoms with Gasteiger partial charge in [0.15, 0.2) is 0 Å². The van der Waals surface area contributed by atoms with Crippen molar-refractivity contribution in [2.45, 2.75) is 32.9 Å². The summed E-state index contributed by atoms with van der Waals surface area (Å²) in [5, 5.41) is 2.31. The van der Waals surface area contributed by atoms with Crippen LogP contribution in [0.4, 0.5) is 0 Å². The van der Waals surface area contributed by atoms with Crippen LogP contribution in [0.2, 0.25) is 0 Å². The predicted octanol–water partition coefficient (Wildman–Crippen LogP) is 1.56. The van der Waals surface area contributed by atoms with Gasteiger partial charge in [0.2, 0.25) is 0 Å². The van der Waals surface area contributed by atoms with Crippen LogP contribution in [-0.2, 0) is 6.54 Å². The molecule has 0 aromatic heterocycles. The Labute approximate surface area is 86.3 Å². The van der Waals surface area contributed by atoms with Crippen molar-refractivity contribution in [3.05, 3.63) is 29.8 Å². The summed E-state index contributed by atoms with van der Waals surface area (Å²) in [5.74, 6) is 0.980. The molecule has 0 aliphatic carbocycles. The molecule has 0 unspecified atom stereocenters. The molecule has 0 saturated carbocycles. The summed E-state index contributed by atoms with van der Waals surface area (Å²) in [6.45, 7) is 7.60. The molecule has 0 fully saturated rings. The molecule has 0 amide bonds. The molecular formula is C12H20NO+. The maximum atomic E-state index is 5.29. The van der Waals surface area contributed by atoms with Gasteiger partial charge in [-0.25, -0.2) is 0 Å². The van der Waals surface area contributed by atoms with E-state index in [4.69, 9.17) is 4.74 Å². The van der Waals surface area contributed by atoms with Crippen molar-refractivity contribution in [1.29, 1.82) is 0 Å². The number of para-hydroxylation sites is 1. The van der Waals surface area contributed by atoms with E-state index in [-0.39, 0.29) is 5.54 Å². The summed E-state index contributed by atoms with van der Waals surface area (Å²) >= 11 is 0. The maximum Gasteiger partial charge on any atom is 0.127 e. The van der Waals surface area contributed by atoms with Gasteiger partial charge in [-0.3, -0.25) is 0 Å². The lowest BCUT2D eigenvalue weighted by Gasteiger charge is -2.17. The molecule has 0 aliphatic heterocycles. The zero-order valence-electron chi connectivity index (χ0n) is 9.50. The molecule has 2 nitrogen and oxygen atoms in total. The third kappa shape index (κ3) is 3.38. The number of benzene rings is 1. The molecule has 1 aromatic carbocycles. The first-order valence-electron chi connectivity index (χ1n) is 4.99. The van der Waals surface area contributed by atoms with E-state index in [2.05, 4.69) is 32.2 Å². The molecule has 0 radical (unpaired) electrons. The molecule has 0 atom stereocenters. The molecule has 0 bridgehead atoms. The minimum atomic E-state index is 0.265. The van der Waals surface area contributed by atoms with E-state index in [0.717, 1.165) is 12.3 Å². The lowest BCUT2D eigenvalue weighted by molar-refractivity contribution is -0.731. The molecule has 0 aliphatic rings.